The van der Waals surface area contributed by atoms with Gasteiger partial charge in [-0.3, -0.25) is 14.9 Å². The summed E-state index contributed by atoms with van der Waals surface area (Å²) in [5.41, 5.74) is 1.70. The van der Waals surface area contributed by atoms with E-state index in [1.165, 1.54) is 31.5 Å². The average Bonchev–Trinajstić information content (AvgIpc) is 2.63. The molecule has 0 unspecified atom stereocenters. The molecule has 0 radical (unpaired) electrons. The quantitative estimate of drug-likeness (QED) is 0.356. The molecule has 0 saturated heterocycles. The van der Waals surface area contributed by atoms with Crippen LogP contribution in [0.15, 0.2) is 54.2 Å². The molecule has 0 aliphatic heterocycles. The zero-order valence-electron chi connectivity index (χ0n) is 14.1. The molecule has 8 nitrogen and oxygen atoms in total. The van der Waals surface area contributed by atoms with Crippen LogP contribution >= 0.6 is 0 Å². The van der Waals surface area contributed by atoms with E-state index in [4.69, 9.17) is 4.74 Å². The fourth-order valence-corrected chi connectivity index (χ4v) is 2.04. The molecule has 1 amide bonds. The standard InChI is InChI=1S/C18H16N4O4/c1-12-3-5-14(6-4-12)20-11-13(10-19)18(23)21-16-8-7-15(22(24)25)9-17(16)26-2/h3-9,11,20H,1-2H3,(H,21,23)/b13-11-. The van der Waals surface area contributed by atoms with Crippen molar-refractivity contribution >= 4 is 23.0 Å². The number of non-ortho nitro benzene ring substituents is 1. The molecule has 0 fully saturated rings. The first-order chi connectivity index (χ1) is 12.4. The number of anilines is 2. The highest BCUT2D eigenvalue weighted by molar-refractivity contribution is 6.07. The van der Waals surface area contributed by atoms with Gasteiger partial charge in [0.25, 0.3) is 11.6 Å². The number of benzene rings is 2. The molecule has 0 aliphatic rings. The van der Waals surface area contributed by atoms with Gasteiger partial charge >= 0.3 is 0 Å². The number of carbonyl (C=O) groups excluding carboxylic acids is 1. The Hall–Kier alpha value is -3.86. The highest BCUT2D eigenvalue weighted by atomic mass is 16.6. The minimum atomic E-state index is -0.667. The number of hydrogen-bond acceptors (Lipinski definition) is 6. The van der Waals surface area contributed by atoms with Crippen molar-refractivity contribution in [2.24, 2.45) is 0 Å². The Kier molecular flexibility index (Phi) is 5.90. The third kappa shape index (κ3) is 4.58. The maximum atomic E-state index is 12.3. The van der Waals surface area contributed by atoms with Crippen molar-refractivity contribution in [3.05, 3.63) is 69.9 Å². The summed E-state index contributed by atoms with van der Waals surface area (Å²) in [5, 5.41) is 25.4. The van der Waals surface area contributed by atoms with Crippen LogP contribution in [-0.2, 0) is 4.79 Å². The third-order valence-corrected chi connectivity index (χ3v) is 3.44. The number of methoxy groups -OCH3 is 1. The second kappa shape index (κ2) is 8.30. The molecule has 0 heterocycles. The largest absolute Gasteiger partial charge is 0.494 e. The minimum Gasteiger partial charge on any atom is -0.494 e. The van der Waals surface area contributed by atoms with Gasteiger partial charge in [-0.05, 0) is 25.1 Å². The molecule has 2 aromatic rings. The smallest absolute Gasteiger partial charge is 0.273 e. The van der Waals surface area contributed by atoms with E-state index in [0.29, 0.717) is 0 Å². The Labute approximate surface area is 149 Å². The Morgan fingerprint density at radius 2 is 1.96 bits per heavy atom. The lowest BCUT2D eigenvalue weighted by molar-refractivity contribution is -0.384. The van der Waals surface area contributed by atoms with Crippen molar-refractivity contribution in [2.75, 3.05) is 17.7 Å². The van der Waals surface area contributed by atoms with Gasteiger partial charge in [-0.15, -0.1) is 0 Å². The number of nitro groups is 1. The van der Waals surface area contributed by atoms with Crippen LogP contribution in [0.25, 0.3) is 0 Å². The number of amides is 1. The molecule has 2 aromatic carbocycles. The number of hydrogen-bond donors (Lipinski definition) is 2. The van der Waals surface area contributed by atoms with Gasteiger partial charge in [0, 0.05) is 18.0 Å². The Morgan fingerprint density at radius 3 is 2.54 bits per heavy atom. The summed E-state index contributed by atoms with van der Waals surface area (Å²) in [4.78, 5) is 22.5. The van der Waals surface area contributed by atoms with Gasteiger partial charge in [0.2, 0.25) is 0 Å². The van der Waals surface area contributed by atoms with E-state index < -0.39 is 10.8 Å². The van der Waals surface area contributed by atoms with Gasteiger partial charge in [-0.25, -0.2) is 0 Å². The first kappa shape index (κ1) is 18.5. The van der Waals surface area contributed by atoms with Crippen LogP contribution in [0.5, 0.6) is 5.75 Å². The molecule has 8 heteroatoms. The van der Waals surface area contributed by atoms with Crippen molar-refractivity contribution in [3.8, 4) is 11.8 Å². The Balaban J connectivity index is 2.16. The van der Waals surface area contributed by atoms with E-state index in [0.717, 1.165) is 11.3 Å². The van der Waals surface area contributed by atoms with E-state index in [1.807, 2.05) is 37.3 Å². The van der Waals surface area contributed by atoms with Crippen LogP contribution in [0.2, 0.25) is 0 Å². The molecule has 2 N–H and O–H groups in total. The normalized spacial score (nSPS) is 10.6. The molecule has 26 heavy (non-hydrogen) atoms. The van der Waals surface area contributed by atoms with Gasteiger partial charge in [-0.2, -0.15) is 5.26 Å². The monoisotopic (exact) mass is 352 g/mol. The SMILES string of the molecule is COc1cc([N+](=O)[O-])ccc1NC(=O)/C(C#N)=C\Nc1ccc(C)cc1. The number of nitriles is 1. The minimum absolute atomic E-state index is 0.122. The number of nitro benzene ring substituents is 1. The van der Waals surface area contributed by atoms with Crippen molar-refractivity contribution in [3.63, 3.8) is 0 Å². The predicted molar refractivity (Wildman–Crippen MR) is 96.8 cm³/mol. The Bertz CT molecular complexity index is 898. The predicted octanol–water partition coefficient (Wildman–Crippen LogP) is 3.37. The van der Waals surface area contributed by atoms with E-state index >= 15 is 0 Å². The van der Waals surface area contributed by atoms with Crippen LogP contribution in [0.1, 0.15) is 5.56 Å². The van der Waals surface area contributed by atoms with Crippen LogP contribution in [0, 0.1) is 28.4 Å². The number of rotatable bonds is 6. The van der Waals surface area contributed by atoms with Gasteiger partial charge in [-0.1, -0.05) is 17.7 Å². The van der Waals surface area contributed by atoms with Gasteiger partial charge in [0.05, 0.1) is 23.8 Å². The fraction of sp³-hybridized carbons (Fsp3) is 0.111. The van der Waals surface area contributed by atoms with Crippen LogP contribution in [-0.4, -0.2) is 17.9 Å². The van der Waals surface area contributed by atoms with Crippen molar-refractivity contribution in [1.82, 2.24) is 0 Å². The number of nitrogens with one attached hydrogen (secondary N) is 2. The van der Waals surface area contributed by atoms with Crippen molar-refractivity contribution in [1.29, 1.82) is 5.26 Å². The first-order valence-corrected chi connectivity index (χ1v) is 7.52. The number of carbonyl (C=O) groups is 1. The summed E-state index contributed by atoms with van der Waals surface area (Å²) in [7, 11) is 1.33. The lowest BCUT2D eigenvalue weighted by Gasteiger charge is -2.09. The van der Waals surface area contributed by atoms with Crippen molar-refractivity contribution < 1.29 is 14.5 Å². The molecular formula is C18H16N4O4. The number of ether oxygens (including phenoxy) is 1. The summed E-state index contributed by atoms with van der Waals surface area (Å²) in [6.07, 6.45) is 1.29. The van der Waals surface area contributed by atoms with Gasteiger partial charge in [0.1, 0.15) is 17.4 Å². The summed E-state index contributed by atoms with van der Waals surface area (Å²) in [6.45, 7) is 1.95. The first-order valence-electron chi connectivity index (χ1n) is 7.52. The molecule has 0 saturated carbocycles. The summed E-state index contributed by atoms with van der Waals surface area (Å²) >= 11 is 0. The second-order valence-corrected chi connectivity index (χ2v) is 5.28. The van der Waals surface area contributed by atoms with E-state index in [1.54, 1.807) is 0 Å². The molecule has 132 valence electrons. The number of aryl methyl sites for hydroxylation is 1. The molecule has 0 spiro atoms. The summed E-state index contributed by atoms with van der Waals surface area (Å²) < 4.78 is 5.05. The topological polar surface area (TPSA) is 117 Å². The maximum absolute atomic E-state index is 12.3. The highest BCUT2D eigenvalue weighted by Gasteiger charge is 2.15. The highest BCUT2D eigenvalue weighted by Crippen LogP contribution is 2.29. The van der Waals surface area contributed by atoms with Crippen molar-refractivity contribution in [2.45, 2.75) is 6.92 Å². The summed E-state index contributed by atoms with van der Waals surface area (Å²) in [6, 6.07) is 13.0. The lowest BCUT2D eigenvalue weighted by Crippen LogP contribution is -2.15. The maximum Gasteiger partial charge on any atom is 0.273 e. The van der Waals surface area contributed by atoms with E-state index in [-0.39, 0.29) is 22.7 Å². The van der Waals surface area contributed by atoms with Crippen LogP contribution < -0.4 is 15.4 Å². The Morgan fingerprint density at radius 1 is 1.27 bits per heavy atom. The zero-order valence-corrected chi connectivity index (χ0v) is 14.1. The van der Waals surface area contributed by atoms with Gasteiger partial charge in [0.15, 0.2) is 0 Å². The van der Waals surface area contributed by atoms with Crippen LogP contribution in [0.4, 0.5) is 17.1 Å². The summed E-state index contributed by atoms with van der Waals surface area (Å²) in [5.74, 6) is -0.546. The average molecular weight is 352 g/mol. The number of nitrogens with zero attached hydrogens (tertiary/aromatic N) is 2. The van der Waals surface area contributed by atoms with Gasteiger partial charge < -0.3 is 15.4 Å². The lowest BCUT2D eigenvalue weighted by atomic mass is 10.2. The molecule has 0 bridgehead atoms. The fourth-order valence-electron chi connectivity index (χ4n) is 2.04. The van der Waals surface area contributed by atoms with E-state index in [2.05, 4.69) is 10.6 Å². The van der Waals surface area contributed by atoms with Crippen LogP contribution in [0.3, 0.4) is 0 Å². The second-order valence-electron chi connectivity index (χ2n) is 5.28. The molecule has 2 rings (SSSR count). The molecule has 0 aliphatic carbocycles. The molecule has 0 aromatic heterocycles. The molecule has 0 atom stereocenters. The third-order valence-electron chi connectivity index (χ3n) is 3.44. The zero-order chi connectivity index (χ0) is 19.1. The van der Waals surface area contributed by atoms with E-state index in [9.17, 15) is 20.2 Å². The molecular weight excluding hydrogens is 336 g/mol.